The van der Waals surface area contributed by atoms with Crippen molar-refractivity contribution in [3.63, 3.8) is 0 Å². The molecule has 1 aromatic heterocycles. The molecule has 0 bridgehead atoms. The number of nitrogens with zero attached hydrogens (tertiary/aromatic N) is 4. The minimum Gasteiger partial charge on any atom is -0.352 e. The number of anilines is 1. The lowest BCUT2D eigenvalue weighted by atomic mass is 10.4. The van der Waals surface area contributed by atoms with E-state index in [2.05, 4.69) is 32.1 Å². The predicted octanol–water partition coefficient (Wildman–Crippen LogP) is -0.0766. The Morgan fingerprint density at radius 2 is 2.35 bits per heavy atom. The second kappa shape index (κ2) is 4.65. The van der Waals surface area contributed by atoms with Gasteiger partial charge in [0.05, 0.1) is 25.0 Å². The van der Waals surface area contributed by atoms with Crippen LogP contribution >= 0.6 is 0 Å². The first-order chi connectivity index (χ1) is 8.08. The van der Waals surface area contributed by atoms with Gasteiger partial charge in [-0.1, -0.05) is 0 Å². The van der Waals surface area contributed by atoms with Gasteiger partial charge in [0.15, 0.2) is 5.96 Å². The molecule has 1 unspecified atom stereocenters. The van der Waals surface area contributed by atoms with E-state index in [1.165, 1.54) is 0 Å². The monoisotopic (exact) mass is 236 g/mol. The molecule has 0 saturated heterocycles. The largest absolute Gasteiger partial charge is 0.352 e. The van der Waals surface area contributed by atoms with Gasteiger partial charge in [-0.3, -0.25) is 4.99 Å². The van der Waals surface area contributed by atoms with Crippen molar-refractivity contribution in [1.82, 2.24) is 20.2 Å². The highest BCUT2D eigenvalue weighted by molar-refractivity contribution is 5.81. The molecule has 6 heteroatoms. The van der Waals surface area contributed by atoms with Gasteiger partial charge in [0.2, 0.25) is 5.95 Å². The summed E-state index contributed by atoms with van der Waals surface area (Å²) in [6.45, 7) is 3.69. The number of aromatic nitrogens is 2. The first-order valence-corrected chi connectivity index (χ1v) is 5.80. The van der Waals surface area contributed by atoms with Crippen LogP contribution in [0.1, 0.15) is 12.6 Å². The van der Waals surface area contributed by atoms with Crippen molar-refractivity contribution < 1.29 is 0 Å². The molecule has 94 valence electrons. The summed E-state index contributed by atoms with van der Waals surface area (Å²) in [5.74, 6) is 1.83. The van der Waals surface area contributed by atoms with Crippen molar-refractivity contribution >= 4 is 11.9 Å². The van der Waals surface area contributed by atoms with E-state index in [9.17, 15) is 0 Å². The number of rotatable bonds is 3. The Balaban J connectivity index is 1.96. The zero-order valence-electron chi connectivity index (χ0n) is 10.9. The van der Waals surface area contributed by atoms with Crippen LogP contribution in [0.5, 0.6) is 0 Å². The SMILES string of the molecule is CC1CN=C(NCc2cnc(N(C)C)n2C)N1. The summed E-state index contributed by atoms with van der Waals surface area (Å²) in [4.78, 5) is 10.7. The van der Waals surface area contributed by atoms with Gasteiger partial charge >= 0.3 is 0 Å². The molecule has 2 heterocycles. The first-order valence-electron chi connectivity index (χ1n) is 5.80. The van der Waals surface area contributed by atoms with Gasteiger partial charge in [-0.05, 0) is 6.92 Å². The molecule has 0 aromatic carbocycles. The molecule has 0 spiro atoms. The Morgan fingerprint density at radius 3 is 2.88 bits per heavy atom. The molecule has 17 heavy (non-hydrogen) atoms. The van der Waals surface area contributed by atoms with Crippen molar-refractivity contribution in [1.29, 1.82) is 0 Å². The molecule has 6 nitrogen and oxygen atoms in total. The van der Waals surface area contributed by atoms with Gasteiger partial charge in [0.25, 0.3) is 0 Å². The van der Waals surface area contributed by atoms with Crippen molar-refractivity contribution in [2.24, 2.45) is 12.0 Å². The van der Waals surface area contributed by atoms with E-state index in [0.717, 1.165) is 30.7 Å². The van der Waals surface area contributed by atoms with Crippen molar-refractivity contribution in [2.45, 2.75) is 19.5 Å². The highest BCUT2D eigenvalue weighted by Gasteiger charge is 2.13. The van der Waals surface area contributed by atoms with Crippen molar-refractivity contribution in [3.8, 4) is 0 Å². The van der Waals surface area contributed by atoms with Crippen LogP contribution in [0.25, 0.3) is 0 Å². The number of hydrogen-bond acceptors (Lipinski definition) is 5. The van der Waals surface area contributed by atoms with Crippen LogP contribution in [-0.2, 0) is 13.6 Å². The van der Waals surface area contributed by atoms with Gasteiger partial charge in [-0.25, -0.2) is 4.98 Å². The fraction of sp³-hybridized carbons (Fsp3) is 0.636. The quantitative estimate of drug-likeness (QED) is 0.771. The summed E-state index contributed by atoms with van der Waals surface area (Å²) in [6, 6.07) is 0.432. The average molecular weight is 236 g/mol. The maximum Gasteiger partial charge on any atom is 0.204 e. The number of guanidine groups is 1. The summed E-state index contributed by atoms with van der Waals surface area (Å²) in [5, 5.41) is 6.55. The summed E-state index contributed by atoms with van der Waals surface area (Å²) in [7, 11) is 6.00. The average Bonchev–Trinajstić information content (AvgIpc) is 2.82. The highest BCUT2D eigenvalue weighted by atomic mass is 15.3. The molecule has 1 atom stereocenters. The van der Waals surface area contributed by atoms with Gasteiger partial charge in [0.1, 0.15) is 0 Å². The summed E-state index contributed by atoms with van der Waals surface area (Å²) in [5.41, 5.74) is 1.14. The van der Waals surface area contributed by atoms with Crippen LogP contribution in [0.3, 0.4) is 0 Å². The van der Waals surface area contributed by atoms with E-state index in [0.29, 0.717) is 6.04 Å². The molecular weight excluding hydrogens is 216 g/mol. The third-order valence-electron chi connectivity index (χ3n) is 2.80. The summed E-state index contributed by atoms with van der Waals surface area (Å²) >= 11 is 0. The Morgan fingerprint density at radius 1 is 1.59 bits per heavy atom. The zero-order chi connectivity index (χ0) is 12.4. The van der Waals surface area contributed by atoms with Crippen LogP contribution in [0.4, 0.5) is 5.95 Å². The standard InChI is InChI=1S/C11H20N6/c1-8-5-12-10(15-8)13-6-9-7-14-11(16(2)3)17(9)4/h7-8H,5-6H2,1-4H3,(H2,12,13,15). The van der Waals surface area contributed by atoms with Crippen LogP contribution in [-0.4, -0.2) is 42.2 Å². The lowest BCUT2D eigenvalue weighted by molar-refractivity contribution is 0.705. The van der Waals surface area contributed by atoms with E-state index >= 15 is 0 Å². The zero-order valence-corrected chi connectivity index (χ0v) is 10.9. The molecule has 0 radical (unpaired) electrons. The lowest BCUT2D eigenvalue weighted by Gasteiger charge is -2.13. The van der Waals surface area contributed by atoms with E-state index in [1.54, 1.807) is 0 Å². The Kier molecular flexibility index (Phi) is 3.21. The predicted molar refractivity (Wildman–Crippen MR) is 69.3 cm³/mol. The molecule has 1 aliphatic rings. The van der Waals surface area contributed by atoms with E-state index in [4.69, 9.17) is 0 Å². The van der Waals surface area contributed by atoms with Gasteiger partial charge in [-0.15, -0.1) is 0 Å². The lowest BCUT2D eigenvalue weighted by Crippen LogP contribution is -2.37. The molecule has 1 aliphatic heterocycles. The first kappa shape index (κ1) is 11.8. The van der Waals surface area contributed by atoms with Gasteiger partial charge in [-0.2, -0.15) is 0 Å². The molecule has 2 rings (SSSR count). The molecule has 0 fully saturated rings. The normalized spacial score (nSPS) is 18.8. The molecule has 0 amide bonds. The Bertz CT molecular complexity index is 420. The number of hydrogen-bond donors (Lipinski definition) is 2. The summed E-state index contributed by atoms with van der Waals surface area (Å²) < 4.78 is 2.08. The minimum absolute atomic E-state index is 0.432. The fourth-order valence-corrected chi connectivity index (χ4v) is 1.85. The number of aliphatic imine (C=N–C) groups is 1. The number of imidazole rings is 1. The fourth-order valence-electron chi connectivity index (χ4n) is 1.85. The van der Waals surface area contributed by atoms with Gasteiger partial charge in [0, 0.05) is 27.2 Å². The van der Waals surface area contributed by atoms with Crippen molar-refractivity contribution in [2.75, 3.05) is 25.5 Å². The third-order valence-corrected chi connectivity index (χ3v) is 2.80. The smallest absolute Gasteiger partial charge is 0.204 e. The van der Waals surface area contributed by atoms with Crippen LogP contribution in [0.15, 0.2) is 11.2 Å². The molecule has 0 saturated carbocycles. The minimum atomic E-state index is 0.432. The van der Waals surface area contributed by atoms with E-state index in [1.807, 2.05) is 32.2 Å². The molecule has 1 aromatic rings. The Labute approximate surface area is 102 Å². The second-order valence-electron chi connectivity index (χ2n) is 4.59. The number of nitrogens with one attached hydrogen (secondary N) is 2. The van der Waals surface area contributed by atoms with E-state index < -0.39 is 0 Å². The van der Waals surface area contributed by atoms with E-state index in [-0.39, 0.29) is 0 Å². The van der Waals surface area contributed by atoms with Gasteiger partial charge < -0.3 is 20.1 Å². The molecular formula is C11H20N6. The second-order valence-corrected chi connectivity index (χ2v) is 4.59. The molecule has 2 N–H and O–H groups in total. The maximum atomic E-state index is 4.36. The van der Waals surface area contributed by atoms with Crippen molar-refractivity contribution in [3.05, 3.63) is 11.9 Å². The maximum absolute atomic E-state index is 4.36. The highest BCUT2D eigenvalue weighted by Crippen LogP contribution is 2.10. The summed E-state index contributed by atoms with van der Waals surface area (Å²) in [6.07, 6.45) is 1.89. The third kappa shape index (κ3) is 2.51. The Hall–Kier alpha value is -1.72. The topological polar surface area (TPSA) is 57.5 Å². The van der Waals surface area contributed by atoms with Crippen LogP contribution in [0.2, 0.25) is 0 Å². The van der Waals surface area contributed by atoms with Crippen LogP contribution in [0, 0.1) is 0 Å². The molecule has 0 aliphatic carbocycles. The van der Waals surface area contributed by atoms with Crippen LogP contribution < -0.4 is 15.5 Å².